The van der Waals surface area contributed by atoms with E-state index in [1.165, 1.54) is 34.6 Å². The van der Waals surface area contributed by atoms with Gasteiger partial charge in [0.15, 0.2) is 15.6 Å². The van der Waals surface area contributed by atoms with Crippen LogP contribution in [-0.2, 0) is 38.9 Å². The average molecular weight is 556 g/mol. The molecule has 3 aromatic carbocycles. The van der Waals surface area contributed by atoms with Gasteiger partial charge in [0.2, 0.25) is 0 Å². The molecule has 0 amide bonds. The summed E-state index contributed by atoms with van der Waals surface area (Å²) >= 11 is 0. The molecule has 0 aromatic heterocycles. The van der Waals surface area contributed by atoms with Crippen LogP contribution in [0.25, 0.3) is 0 Å². The summed E-state index contributed by atoms with van der Waals surface area (Å²) in [6.07, 6.45) is -2.98. The lowest BCUT2D eigenvalue weighted by Crippen LogP contribution is -2.35. The summed E-state index contributed by atoms with van der Waals surface area (Å²) in [4.78, 5) is 12.5. The quantitative estimate of drug-likeness (QED) is 0.322. The second-order valence-electron chi connectivity index (χ2n) is 8.68. The minimum atomic E-state index is -4.75. The SMILES string of the molecule is CS(=O)(=O)c1ccc(S(=O)(=O)N2CCCc3ccc(CC(=O)c4ccc(C(F)(F)F)cc4F)cc32)cc1. The Morgan fingerprint density at radius 3 is 2.16 bits per heavy atom. The summed E-state index contributed by atoms with van der Waals surface area (Å²) in [5.41, 5.74) is -0.310. The van der Waals surface area contributed by atoms with Crippen LogP contribution in [0, 0.1) is 5.82 Å². The molecule has 0 radical (unpaired) electrons. The van der Waals surface area contributed by atoms with E-state index in [0.717, 1.165) is 12.3 Å². The molecule has 4 rings (SSSR count). The third-order valence-corrected chi connectivity index (χ3v) is 8.98. The number of carbonyl (C=O) groups is 1. The van der Waals surface area contributed by atoms with Crippen molar-refractivity contribution in [3.8, 4) is 0 Å². The Kier molecular flexibility index (Phi) is 6.93. The number of rotatable bonds is 6. The number of sulfone groups is 1. The van der Waals surface area contributed by atoms with Crippen LogP contribution >= 0.6 is 0 Å². The molecule has 3 aromatic rings. The molecule has 0 fully saturated rings. The minimum Gasteiger partial charge on any atom is -0.294 e. The molecule has 196 valence electrons. The van der Waals surface area contributed by atoms with Gasteiger partial charge in [0.25, 0.3) is 10.0 Å². The monoisotopic (exact) mass is 555 g/mol. The lowest BCUT2D eigenvalue weighted by atomic mass is 9.97. The number of alkyl halides is 3. The maximum absolute atomic E-state index is 14.3. The van der Waals surface area contributed by atoms with Gasteiger partial charge in [-0.3, -0.25) is 9.10 Å². The molecule has 1 aliphatic heterocycles. The van der Waals surface area contributed by atoms with E-state index >= 15 is 0 Å². The van der Waals surface area contributed by atoms with Crippen LogP contribution < -0.4 is 4.31 Å². The van der Waals surface area contributed by atoms with E-state index < -0.39 is 48.8 Å². The topological polar surface area (TPSA) is 88.6 Å². The summed E-state index contributed by atoms with van der Waals surface area (Å²) < 4.78 is 104. The molecule has 0 unspecified atom stereocenters. The van der Waals surface area contributed by atoms with Gasteiger partial charge >= 0.3 is 6.18 Å². The Morgan fingerprint density at radius 2 is 1.57 bits per heavy atom. The first-order chi connectivity index (χ1) is 17.2. The number of ketones is 1. The van der Waals surface area contributed by atoms with Crippen LogP contribution in [0.4, 0.5) is 23.2 Å². The third kappa shape index (κ3) is 5.54. The molecular weight excluding hydrogens is 534 g/mol. The molecule has 12 heteroatoms. The zero-order valence-electron chi connectivity index (χ0n) is 19.4. The van der Waals surface area contributed by atoms with Gasteiger partial charge in [-0.15, -0.1) is 0 Å². The molecular formula is C25H21F4NO5S2. The van der Waals surface area contributed by atoms with E-state index in [9.17, 15) is 39.2 Å². The average Bonchev–Trinajstić information content (AvgIpc) is 2.82. The highest BCUT2D eigenvalue weighted by molar-refractivity contribution is 7.93. The highest BCUT2D eigenvalue weighted by Crippen LogP contribution is 2.34. The van der Waals surface area contributed by atoms with Gasteiger partial charge in [-0.25, -0.2) is 21.2 Å². The van der Waals surface area contributed by atoms with Gasteiger partial charge < -0.3 is 0 Å². The lowest BCUT2D eigenvalue weighted by Gasteiger charge is -2.31. The van der Waals surface area contributed by atoms with Gasteiger partial charge in [-0.1, -0.05) is 12.1 Å². The van der Waals surface area contributed by atoms with Crippen molar-refractivity contribution in [1.29, 1.82) is 0 Å². The van der Waals surface area contributed by atoms with Crippen LogP contribution in [0.15, 0.2) is 70.5 Å². The fraction of sp³-hybridized carbons (Fsp3) is 0.240. The first-order valence-electron chi connectivity index (χ1n) is 11.0. The van der Waals surface area contributed by atoms with Crippen LogP contribution in [0.5, 0.6) is 0 Å². The number of aryl methyl sites for hydroxylation is 1. The number of nitrogens with zero attached hydrogens (tertiary/aromatic N) is 1. The van der Waals surface area contributed by atoms with Crippen molar-refractivity contribution in [1.82, 2.24) is 0 Å². The highest BCUT2D eigenvalue weighted by Gasteiger charge is 2.32. The number of Topliss-reactive ketones (excluding diaryl/α,β-unsaturated/α-hetero) is 1. The maximum Gasteiger partial charge on any atom is 0.416 e. The number of sulfonamides is 1. The van der Waals surface area contributed by atoms with Crippen LogP contribution in [0.2, 0.25) is 0 Å². The highest BCUT2D eigenvalue weighted by atomic mass is 32.2. The summed E-state index contributed by atoms with van der Waals surface area (Å²) in [5, 5.41) is 0. The van der Waals surface area contributed by atoms with E-state index in [1.807, 2.05) is 0 Å². The van der Waals surface area contributed by atoms with Crippen molar-refractivity contribution in [2.24, 2.45) is 0 Å². The molecule has 0 atom stereocenters. The molecule has 0 bridgehead atoms. The largest absolute Gasteiger partial charge is 0.416 e. The molecule has 0 saturated heterocycles. The predicted molar refractivity (Wildman–Crippen MR) is 128 cm³/mol. The fourth-order valence-corrected chi connectivity index (χ4v) is 6.29. The summed E-state index contributed by atoms with van der Waals surface area (Å²) in [6, 6.07) is 11.3. The molecule has 0 spiro atoms. The Hall–Kier alpha value is -3.25. The minimum absolute atomic E-state index is 0.0261. The Bertz CT molecular complexity index is 1580. The summed E-state index contributed by atoms with van der Waals surface area (Å²) in [6.45, 7) is 0.147. The van der Waals surface area contributed by atoms with Crippen LogP contribution in [-0.4, -0.2) is 35.4 Å². The maximum atomic E-state index is 14.3. The van der Waals surface area contributed by atoms with Crippen molar-refractivity contribution in [2.75, 3.05) is 17.1 Å². The summed E-state index contributed by atoms with van der Waals surface area (Å²) in [5.74, 6) is -2.05. The second kappa shape index (κ2) is 9.56. The molecule has 0 aliphatic carbocycles. The van der Waals surface area contributed by atoms with Crippen molar-refractivity contribution in [3.63, 3.8) is 0 Å². The van der Waals surface area contributed by atoms with E-state index in [4.69, 9.17) is 0 Å². The standard InChI is InChI=1S/C25H21F4NO5S2/c1-36(32,33)19-7-9-20(10-8-19)37(34,35)30-12-2-3-17-5-4-16(13-23(17)30)14-24(31)21-11-6-18(15-22(21)26)25(27,28)29/h4-11,13,15H,2-3,12,14H2,1H3. The Labute approximate surface area is 211 Å². The molecule has 37 heavy (non-hydrogen) atoms. The van der Waals surface area contributed by atoms with Gasteiger partial charge in [0.05, 0.1) is 26.6 Å². The van der Waals surface area contributed by atoms with E-state index in [2.05, 4.69) is 0 Å². The zero-order valence-corrected chi connectivity index (χ0v) is 21.1. The van der Waals surface area contributed by atoms with Gasteiger partial charge in [0.1, 0.15) is 5.82 Å². The Morgan fingerprint density at radius 1 is 0.919 bits per heavy atom. The molecule has 6 nitrogen and oxygen atoms in total. The summed E-state index contributed by atoms with van der Waals surface area (Å²) in [7, 11) is -7.59. The van der Waals surface area contributed by atoms with E-state index in [-0.39, 0.29) is 28.8 Å². The normalized spacial score (nSPS) is 14.4. The van der Waals surface area contributed by atoms with Gasteiger partial charge in [-0.05, 0) is 72.5 Å². The van der Waals surface area contributed by atoms with Crippen molar-refractivity contribution < 1.29 is 39.2 Å². The lowest BCUT2D eigenvalue weighted by molar-refractivity contribution is -0.137. The van der Waals surface area contributed by atoms with Crippen LogP contribution in [0.3, 0.4) is 0 Å². The first kappa shape index (κ1) is 26.8. The number of hydrogen-bond donors (Lipinski definition) is 0. The van der Waals surface area contributed by atoms with Gasteiger partial charge in [-0.2, -0.15) is 13.2 Å². The number of anilines is 1. The predicted octanol–water partition coefficient (Wildman–Crippen LogP) is 4.81. The van der Waals surface area contributed by atoms with E-state index in [0.29, 0.717) is 35.7 Å². The smallest absolute Gasteiger partial charge is 0.294 e. The second-order valence-corrected chi connectivity index (χ2v) is 12.6. The van der Waals surface area contributed by atoms with Crippen molar-refractivity contribution in [2.45, 2.75) is 35.2 Å². The molecule has 0 N–H and O–H groups in total. The molecule has 0 saturated carbocycles. The number of hydrogen-bond acceptors (Lipinski definition) is 5. The number of fused-ring (bicyclic) bond motifs is 1. The third-order valence-electron chi connectivity index (χ3n) is 6.03. The van der Waals surface area contributed by atoms with E-state index in [1.54, 1.807) is 12.1 Å². The van der Waals surface area contributed by atoms with Gasteiger partial charge in [0, 0.05) is 19.2 Å². The number of carbonyl (C=O) groups excluding carboxylic acids is 1. The molecule has 1 aliphatic rings. The van der Waals surface area contributed by atoms with Crippen molar-refractivity contribution >= 4 is 31.3 Å². The van der Waals surface area contributed by atoms with Crippen LogP contribution in [0.1, 0.15) is 33.5 Å². The number of benzene rings is 3. The number of halogens is 4. The zero-order chi connectivity index (χ0) is 27.2. The first-order valence-corrected chi connectivity index (χ1v) is 14.4. The fourth-order valence-electron chi connectivity index (χ4n) is 4.13. The van der Waals surface area contributed by atoms with Crippen molar-refractivity contribution in [3.05, 3.63) is 88.7 Å². The Balaban J connectivity index is 1.63. The molecule has 1 heterocycles.